The second kappa shape index (κ2) is 10.7. The monoisotopic (exact) mass is 395 g/mol. The molecule has 28 heavy (non-hydrogen) atoms. The van der Waals surface area contributed by atoms with Crippen LogP contribution in [0.1, 0.15) is 32.8 Å². The Morgan fingerprint density at radius 3 is 2.32 bits per heavy atom. The molecule has 1 aromatic carbocycles. The predicted molar refractivity (Wildman–Crippen MR) is 101 cm³/mol. The second-order valence-corrected chi connectivity index (χ2v) is 7.48. The van der Waals surface area contributed by atoms with Gasteiger partial charge < -0.3 is 15.2 Å². The number of ether oxygens (including phenoxy) is 1. The molecule has 156 valence electrons. The number of hydrogen-bond acceptors (Lipinski definition) is 6. The third kappa shape index (κ3) is 7.63. The van der Waals surface area contributed by atoms with Gasteiger partial charge >= 0.3 is 12.1 Å². The zero-order chi connectivity index (χ0) is 21.3. The molecule has 0 fully saturated rings. The Balaban J connectivity index is 2.59. The molecule has 1 rings (SSSR count). The lowest BCUT2D eigenvalue weighted by molar-refractivity contribution is -0.164. The number of carbonyl (C=O) groups excluding carboxylic acids is 3. The number of nitrogens with zero attached hydrogens (tertiary/aromatic N) is 2. The number of rotatable bonds is 7. The first-order valence-electron chi connectivity index (χ1n) is 8.92. The van der Waals surface area contributed by atoms with Crippen molar-refractivity contribution in [2.45, 2.75) is 39.9 Å². The molecule has 0 saturated heterocycles. The second-order valence-electron chi connectivity index (χ2n) is 7.48. The lowest BCUT2D eigenvalue weighted by Crippen LogP contribution is -2.54. The number of amides is 5. The molecule has 0 aliphatic carbocycles. The standard InChI is InChI=1S/C19H29N3O6/c1-19(2,3)13-21(17(25)20-4)18(26)22(27)16(24)15(23)10-11-28-12-14-8-6-5-7-9-14/h5-9,15,23,27H,10-13H2,1-4H3,(H,20,25)/t15-/m0/s1. The van der Waals surface area contributed by atoms with Gasteiger partial charge in [-0.25, -0.2) is 14.5 Å². The first kappa shape index (κ1) is 23.5. The maximum absolute atomic E-state index is 12.4. The van der Waals surface area contributed by atoms with Gasteiger partial charge in [0.2, 0.25) is 0 Å². The van der Waals surface area contributed by atoms with E-state index in [9.17, 15) is 24.7 Å². The van der Waals surface area contributed by atoms with Crippen LogP contribution in [0.15, 0.2) is 30.3 Å². The number of benzene rings is 1. The fourth-order valence-corrected chi connectivity index (χ4v) is 2.27. The molecule has 9 heteroatoms. The van der Waals surface area contributed by atoms with E-state index in [1.165, 1.54) is 7.05 Å². The quantitative estimate of drug-likeness (QED) is 0.369. The third-order valence-electron chi connectivity index (χ3n) is 3.64. The Kier molecular flexibility index (Phi) is 9.04. The SMILES string of the molecule is CNC(=O)N(CC(C)(C)C)C(=O)N(O)C(=O)[C@@H](O)CCOCc1ccccc1. The largest absolute Gasteiger partial charge is 0.383 e. The molecular formula is C19H29N3O6. The van der Waals surface area contributed by atoms with Gasteiger partial charge in [0.1, 0.15) is 6.10 Å². The summed E-state index contributed by atoms with van der Waals surface area (Å²) in [4.78, 5) is 37.1. The molecule has 0 aromatic heterocycles. The molecular weight excluding hydrogens is 366 g/mol. The van der Waals surface area contributed by atoms with Crippen LogP contribution in [-0.4, -0.2) is 64.5 Å². The number of aliphatic hydroxyl groups excluding tert-OH is 1. The molecule has 0 bridgehead atoms. The predicted octanol–water partition coefficient (Wildman–Crippen LogP) is 1.98. The van der Waals surface area contributed by atoms with Crippen molar-refractivity contribution in [3.63, 3.8) is 0 Å². The third-order valence-corrected chi connectivity index (χ3v) is 3.64. The van der Waals surface area contributed by atoms with E-state index in [1.807, 2.05) is 30.3 Å². The highest BCUT2D eigenvalue weighted by molar-refractivity contribution is 6.01. The summed E-state index contributed by atoms with van der Waals surface area (Å²) in [7, 11) is 1.33. The average molecular weight is 395 g/mol. The molecule has 0 aliphatic rings. The Hall–Kier alpha value is -2.49. The van der Waals surface area contributed by atoms with Crippen molar-refractivity contribution in [3.8, 4) is 0 Å². The highest BCUT2D eigenvalue weighted by Gasteiger charge is 2.34. The normalized spacial score (nSPS) is 12.2. The van der Waals surface area contributed by atoms with Crippen LogP contribution in [0.3, 0.4) is 0 Å². The Bertz CT molecular complexity index is 659. The maximum Gasteiger partial charge on any atom is 0.359 e. The summed E-state index contributed by atoms with van der Waals surface area (Å²) < 4.78 is 5.38. The molecule has 5 amide bonds. The van der Waals surface area contributed by atoms with E-state index in [1.54, 1.807) is 20.8 Å². The summed E-state index contributed by atoms with van der Waals surface area (Å²) in [5.74, 6) is -1.23. The number of hydrogen-bond donors (Lipinski definition) is 3. The fourth-order valence-electron chi connectivity index (χ4n) is 2.27. The summed E-state index contributed by atoms with van der Waals surface area (Å²) in [5.41, 5.74) is 0.473. The molecule has 1 aromatic rings. The van der Waals surface area contributed by atoms with Gasteiger partial charge in [-0.15, -0.1) is 5.06 Å². The van der Waals surface area contributed by atoms with Crippen LogP contribution < -0.4 is 5.32 Å². The Morgan fingerprint density at radius 2 is 1.79 bits per heavy atom. The van der Waals surface area contributed by atoms with E-state index < -0.39 is 29.5 Å². The van der Waals surface area contributed by atoms with Crippen LogP contribution in [0, 0.1) is 5.41 Å². The average Bonchev–Trinajstić information content (AvgIpc) is 2.67. The van der Waals surface area contributed by atoms with Crippen molar-refractivity contribution in [1.82, 2.24) is 15.3 Å². The van der Waals surface area contributed by atoms with Crippen LogP contribution in [0.5, 0.6) is 0 Å². The van der Waals surface area contributed by atoms with Crippen molar-refractivity contribution in [3.05, 3.63) is 35.9 Å². The number of nitrogens with one attached hydrogen (secondary N) is 1. The van der Waals surface area contributed by atoms with E-state index in [0.717, 1.165) is 5.56 Å². The zero-order valence-electron chi connectivity index (χ0n) is 16.7. The van der Waals surface area contributed by atoms with Gasteiger partial charge in [0, 0.05) is 20.0 Å². The van der Waals surface area contributed by atoms with Crippen LogP contribution >= 0.6 is 0 Å². The molecule has 0 saturated carbocycles. The van der Waals surface area contributed by atoms with E-state index in [4.69, 9.17) is 4.74 Å². The topological polar surface area (TPSA) is 119 Å². The minimum atomic E-state index is -1.65. The fraction of sp³-hybridized carbons (Fsp3) is 0.526. The lowest BCUT2D eigenvalue weighted by Gasteiger charge is -2.30. The van der Waals surface area contributed by atoms with Crippen molar-refractivity contribution in [2.24, 2.45) is 5.41 Å². The smallest absolute Gasteiger partial charge is 0.359 e. The van der Waals surface area contributed by atoms with Gasteiger partial charge in [-0.05, 0) is 11.0 Å². The Morgan fingerprint density at radius 1 is 1.18 bits per heavy atom. The summed E-state index contributed by atoms with van der Waals surface area (Å²) in [6.07, 6.45) is -1.76. The summed E-state index contributed by atoms with van der Waals surface area (Å²) in [6, 6.07) is 7.34. The van der Waals surface area contributed by atoms with Crippen LogP contribution in [0.25, 0.3) is 0 Å². The van der Waals surface area contributed by atoms with Gasteiger partial charge in [-0.3, -0.25) is 10.0 Å². The molecule has 3 N–H and O–H groups in total. The van der Waals surface area contributed by atoms with Gasteiger partial charge in [-0.2, -0.15) is 0 Å². The highest BCUT2D eigenvalue weighted by atomic mass is 16.5. The Labute approximate surface area is 164 Å². The lowest BCUT2D eigenvalue weighted by atomic mass is 9.96. The molecule has 1 atom stereocenters. The van der Waals surface area contributed by atoms with Crippen molar-refractivity contribution in [1.29, 1.82) is 0 Å². The van der Waals surface area contributed by atoms with Gasteiger partial charge in [0.05, 0.1) is 13.2 Å². The van der Waals surface area contributed by atoms with E-state index in [0.29, 0.717) is 11.5 Å². The molecule has 0 radical (unpaired) electrons. The molecule has 0 spiro atoms. The molecule has 0 aliphatic heterocycles. The number of aliphatic hydroxyl groups is 1. The summed E-state index contributed by atoms with van der Waals surface area (Å²) >= 11 is 0. The van der Waals surface area contributed by atoms with E-state index in [2.05, 4.69) is 5.32 Å². The van der Waals surface area contributed by atoms with E-state index >= 15 is 0 Å². The van der Waals surface area contributed by atoms with Crippen molar-refractivity contribution in [2.75, 3.05) is 20.2 Å². The maximum atomic E-state index is 12.4. The molecule has 9 nitrogen and oxygen atoms in total. The van der Waals surface area contributed by atoms with Crippen LogP contribution in [0.4, 0.5) is 9.59 Å². The minimum Gasteiger partial charge on any atom is -0.383 e. The van der Waals surface area contributed by atoms with Crippen molar-refractivity contribution < 1.29 is 29.4 Å². The van der Waals surface area contributed by atoms with Crippen LogP contribution in [-0.2, 0) is 16.1 Å². The number of imide groups is 2. The first-order chi connectivity index (χ1) is 13.1. The number of urea groups is 2. The van der Waals surface area contributed by atoms with Crippen molar-refractivity contribution >= 4 is 18.0 Å². The minimum absolute atomic E-state index is 0.0356. The first-order valence-corrected chi connectivity index (χ1v) is 8.92. The molecule has 0 unspecified atom stereocenters. The van der Waals surface area contributed by atoms with Gasteiger partial charge in [-0.1, -0.05) is 51.1 Å². The molecule has 0 heterocycles. The highest BCUT2D eigenvalue weighted by Crippen LogP contribution is 2.17. The zero-order valence-corrected chi connectivity index (χ0v) is 16.7. The summed E-state index contributed by atoms with van der Waals surface area (Å²) in [5, 5.41) is 21.9. The number of carbonyl (C=O) groups is 3. The van der Waals surface area contributed by atoms with E-state index in [-0.39, 0.29) is 24.6 Å². The number of hydroxylamine groups is 2. The van der Waals surface area contributed by atoms with Crippen LogP contribution in [0.2, 0.25) is 0 Å². The summed E-state index contributed by atoms with van der Waals surface area (Å²) in [6.45, 7) is 5.69. The van der Waals surface area contributed by atoms with Gasteiger partial charge in [0.15, 0.2) is 0 Å². The van der Waals surface area contributed by atoms with Gasteiger partial charge in [0.25, 0.3) is 5.91 Å².